The average Bonchev–Trinajstić information content (AvgIpc) is 2.54. The molecule has 1 aromatic rings. The van der Waals surface area contributed by atoms with Crippen molar-refractivity contribution in [1.29, 1.82) is 0 Å². The third kappa shape index (κ3) is 8.14. The summed E-state index contributed by atoms with van der Waals surface area (Å²) >= 11 is 0. The monoisotopic (exact) mass is 333 g/mol. The van der Waals surface area contributed by atoms with Crippen LogP contribution >= 0.6 is 0 Å². The van der Waals surface area contributed by atoms with E-state index < -0.39 is 0 Å². The smallest absolute Gasteiger partial charge is 0.305 e. The zero-order valence-electron chi connectivity index (χ0n) is 15.3. The summed E-state index contributed by atoms with van der Waals surface area (Å²) in [4.78, 5) is 23.2. The number of carbonyl (C=O) groups is 2. The number of unbranched alkanes of at least 4 members (excludes halogenated alkanes) is 5. The van der Waals surface area contributed by atoms with Crippen molar-refractivity contribution in [2.45, 2.75) is 72.1 Å². The van der Waals surface area contributed by atoms with Gasteiger partial charge in [0.2, 0.25) is 5.91 Å². The molecule has 0 spiro atoms. The minimum Gasteiger partial charge on any atom is -0.466 e. The number of hydrogen-bond acceptors (Lipinski definition) is 3. The molecular formula is C20H31NO3. The summed E-state index contributed by atoms with van der Waals surface area (Å²) in [5, 5.41) is 3.00. The van der Waals surface area contributed by atoms with Crippen LogP contribution < -0.4 is 5.32 Å². The zero-order chi connectivity index (χ0) is 17.8. The molecule has 1 rings (SSSR count). The number of amides is 1. The van der Waals surface area contributed by atoms with E-state index in [2.05, 4.69) is 5.32 Å². The highest BCUT2D eigenvalue weighted by atomic mass is 16.5. The van der Waals surface area contributed by atoms with Gasteiger partial charge < -0.3 is 10.1 Å². The number of benzene rings is 1. The fraction of sp³-hybridized carbons (Fsp3) is 0.600. The standard InChI is InChI=1S/C20H31NO3/c1-4-24-20(23)15-10-8-6-5-7-9-14-19(22)21-18-13-11-12-16(2)17(18)3/h11-13H,4-10,14-15H2,1-3H3,(H,21,22). The van der Waals surface area contributed by atoms with Gasteiger partial charge in [-0.3, -0.25) is 9.59 Å². The van der Waals surface area contributed by atoms with E-state index in [1.54, 1.807) is 0 Å². The van der Waals surface area contributed by atoms with Gasteiger partial charge in [-0.1, -0.05) is 37.8 Å². The van der Waals surface area contributed by atoms with Gasteiger partial charge in [0.1, 0.15) is 0 Å². The summed E-state index contributed by atoms with van der Waals surface area (Å²) in [6.45, 7) is 6.37. The first-order valence-electron chi connectivity index (χ1n) is 9.06. The van der Waals surface area contributed by atoms with Gasteiger partial charge in [0, 0.05) is 18.5 Å². The summed E-state index contributed by atoms with van der Waals surface area (Å²) in [5.74, 6) is -0.00776. The van der Waals surface area contributed by atoms with Crippen LogP contribution in [0.4, 0.5) is 5.69 Å². The van der Waals surface area contributed by atoms with Gasteiger partial charge >= 0.3 is 5.97 Å². The third-order valence-corrected chi connectivity index (χ3v) is 4.22. The molecule has 4 nitrogen and oxygen atoms in total. The Bertz CT molecular complexity index is 526. The van der Waals surface area contributed by atoms with Crippen molar-refractivity contribution >= 4 is 17.6 Å². The van der Waals surface area contributed by atoms with Crippen LogP contribution in [0.1, 0.15) is 69.4 Å². The molecule has 4 heteroatoms. The molecule has 0 saturated heterocycles. The first-order chi connectivity index (χ1) is 11.5. The van der Waals surface area contributed by atoms with E-state index in [9.17, 15) is 9.59 Å². The van der Waals surface area contributed by atoms with Crippen molar-refractivity contribution in [3.05, 3.63) is 29.3 Å². The first kappa shape index (κ1) is 20.2. The Morgan fingerprint density at radius 2 is 1.58 bits per heavy atom. The summed E-state index contributed by atoms with van der Waals surface area (Å²) in [7, 11) is 0. The van der Waals surface area contributed by atoms with E-state index in [1.165, 1.54) is 5.56 Å². The number of esters is 1. The number of hydrogen-bond donors (Lipinski definition) is 1. The van der Waals surface area contributed by atoms with Crippen molar-refractivity contribution in [2.24, 2.45) is 0 Å². The van der Waals surface area contributed by atoms with Crippen molar-refractivity contribution < 1.29 is 14.3 Å². The predicted octanol–water partition coefficient (Wildman–Crippen LogP) is 4.93. The number of rotatable bonds is 11. The van der Waals surface area contributed by atoms with Gasteiger partial charge in [-0.15, -0.1) is 0 Å². The fourth-order valence-electron chi connectivity index (χ4n) is 2.59. The maximum absolute atomic E-state index is 12.0. The minimum atomic E-state index is -0.0967. The largest absolute Gasteiger partial charge is 0.466 e. The van der Waals surface area contributed by atoms with Gasteiger partial charge in [-0.05, 0) is 50.8 Å². The lowest BCUT2D eigenvalue weighted by molar-refractivity contribution is -0.143. The molecule has 0 bridgehead atoms. The van der Waals surface area contributed by atoms with Crippen LogP contribution in [0, 0.1) is 13.8 Å². The lowest BCUT2D eigenvalue weighted by Crippen LogP contribution is -2.12. The first-order valence-corrected chi connectivity index (χ1v) is 9.06. The molecule has 0 aliphatic rings. The molecule has 0 aromatic heterocycles. The quantitative estimate of drug-likeness (QED) is 0.461. The number of carbonyl (C=O) groups excluding carboxylic acids is 2. The topological polar surface area (TPSA) is 55.4 Å². The van der Waals surface area contributed by atoms with E-state index in [0.717, 1.165) is 49.8 Å². The molecule has 0 atom stereocenters. The molecule has 1 N–H and O–H groups in total. The second-order valence-electron chi connectivity index (χ2n) is 6.22. The summed E-state index contributed by atoms with van der Waals surface area (Å²) in [6.07, 6.45) is 7.22. The summed E-state index contributed by atoms with van der Waals surface area (Å²) in [5.41, 5.74) is 3.24. The highest BCUT2D eigenvalue weighted by molar-refractivity contribution is 5.91. The van der Waals surface area contributed by atoms with Gasteiger partial charge in [-0.25, -0.2) is 0 Å². The Kier molecular flexibility index (Phi) is 9.81. The molecule has 134 valence electrons. The number of ether oxygens (including phenoxy) is 1. The maximum Gasteiger partial charge on any atom is 0.305 e. The van der Waals surface area contributed by atoms with E-state index in [0.29, 0.717) is 19.4 Å². The zero-order valence-corrected chi connectivity index (χ0v) is 15.3. The Hall–Kier alpha value is -1.84. The fourth-order valence-corrected chi connectivity index (χ4v) is 2.59. The van der Waals surface area contributed by atoms with Crippen LogP contribution in [-0.2, 0) is 14.3 Å². The van der Waals surface area contributed by atoms with Gasteiger partial charge in [-0.2, -0.15) is 0 Å². The Morgan fingerprint density at radius 1 is 0.958 bits per heavy atom. The van der Waals surface area contributed by atoms with E-state index in [-0.39, 0.29) is 11.9 Å². The summed E-state index contributed by atoms with van der Waals surface area (Å²) in [6, 6.07) is 5.96. The molecule has 0 fully saturated rings. The molecule has 0 radical (unpaired) electrons. The molecule has 0 aliphatic heterocycles. The Balaban J connectivity index is 2.06. The van der Waals surface area contributed by atoms with Crippen LogP contribution in [0.5, 0.6) is 0 Å². The molecule has 0 heterocycles. The number of anilines is 1. The molecule has 1 aromatic carbocycles. The van der Waals surface area contributed by atoms with Crippen LogP contribution in [0.15, 0.2) is 18.2 Å². The maximum atomic E-state index is 12.0. The van der Waals surface area contributed by atoms with Crippen LogP contribution in [-0.4, -0.2) is 18.5 Å². The minimum absolute atomic E-state index is 0.0889. The highest BCUT2D eigenvalue weighted by Gasteiger charge is 2.06. The number of aryl methyl sites for hydroxylation is 1. The SMILES string of the molecule is CCOC(=O)CCCCCCCCC(=O)Nc1cccc(C)c1C. The van der Waals surface area contributed by atoms with Crippen LogP contribution in [0.25, 0.3) is 0 Å². The highest BCUT2D eigenvalue weighted by Crippen LogP contribution is 2.18. The molecule has 0 saturated carbocycles. The lowest BCUT2D eigenvalue weighted by atomic mass is 10.1. The van der Waals surface area contributed by atoms with Gasteiger partial charge in [0.15, 0.2) is 0 Å². The van der Waals surface area contributed by atoms with Crippen LogP contribution in [0.2, 0.25) is 0 Å². The van der Waals surface area contributed by atoms with Gasteiger partial charge in [0.05, 0.1) is 6.61 Å². The lowest BCUT2D eigenvalue weighted by Gasteiger charge is -2.10. The molecule has 1 amide bonds. The van der Waals surface area contributed by atoms with Crippen molar-refractivity contribution in [1.82, 2.24) is 0 Å². The Morgan fingerprint density at radius 3 is 2.25 bits per heavy atom. The second-order valence-corrected chi connectivity index (χ2v) is 6.22. The molecular weight excluding hydrogens is 302 g/mol. The van der Waals surface area contributed by atoms with E-state index in [1.807, 2.05) is 39.0 Å². The van der Waals surface area contributed by atoms with Crippen molar-refractivity contribution in [2.75, 3.05) is 11.9 Å². The molecule has 0 unspecified atom stereocenters. The normalized spacial score (nSPS) is 10.5. The summed E-state index contributed by atoms with van der Waals surface area (Å²) < 4.78 is 4.89. The Labute approximate surface area is 146 Å². The number of nitrogens with one attached hydrogen (secondary N) is 1. The molecule has 24 heavy (non-hydrogen) atoms. The molecule has 0 aliphatic carbocycles. The van der Waals surface area contributed by atoms with E-state index >= 15 is 0 Å². The predicted molar refractivity (Wildman–Crippen MR) is 98.1 cm³/mol. The van der Waals surface area contributed by atoms with Gasteiger partial charge in [0.25, 0.3) is 0 Å². The average molecular weight is 333 g/mol. The van der Waals surface area contributed by atoms with Crippen LogP contribution in [0.3, 0.4) is 0 Å². The second kappa shape index (κ2) is 11.7. The third-order valence-electron chi connectivity index (χ3n) is 4.22. The van der Waals surface area contributed by atoms with Crippen molar-refractivity contribution in [3.8, 4) is 0 Å². The van der Waals surface area contributed by atoms with Crippen molar-refractivity contribution in [3.63, 3.8) is 0 Å². The van der Waals surface area contributed by atoms with E-state index in [4.69, 9.17) is 4.74 Å².